The Balaban J connectivity index is 2.12. The van der Waals surface area contributed by atoms with Crippen LogP contribution in [0.1, 0.15) is 11.3 Å². The number of carbonyl (C=O) groups excluding carboxylic acids is 1. The number of amidine groups is 1. The van der Waals surface area contributed by atoms with Gasteiger partial charge in [0, 0.05) is 4.47 Å². The quantitative estimate of drug-likeness (QED) is 0.744. The van der Waals surface area contributed by atoms with Crippen LogP contribution < -0.4 is 5.73 Å². The van der Waals surface area contributed by atoms with E-state index in [2.05, 4.69) is 25.9 Å². The molecular formula is C14H11BrN5O+. The molecule has 7 heteroatoms. The molecule has 1 atom stereocenters. The lowest BCUT2D eigenvalue weighted by molar-refractivity contribution is -0.711. The van der Waals surface area contributed by atoms with E-state index < -0.39 is 6.03 Å². The van der Waals surface area contributed by atoms with Crippen LogP contribution in [0.15, 0.2) is 52.6 Å². The first-order chi connectivity index (χ1) is 10.1. The van der Waals surface area contributed by atoms with E-state index in [9.17, 15) is 4.79 Å². The van der Waals surface area contributed by atoms with Crippen LogP contribution in [-0.2, 0) is 6.54 Å². The number of quaternary nitrogens is 1. The molecule has 2 aliphatic rings. The van der Waals surface area contributed by atoms with E-state index in [1.807, 2.05) is 22.8 Å². The number of halogens is 1. The van der Waals surface area contributed by atoms with Crippen LogP contribution in [0.4, 0.5) is 4.79 Å². The molecular weight excluding hydrogens is 334 g/mol. The van der Waals surface area contributed by atoms with Crippen LogP contribution in [0.2, 0.25) is 0 Å². The molecule has 1 unspecified atom stereocenters. The van der Waals surface area contributed by atoms with E-state index in [0.717, 1.165) is 21.4 Å². The highest BCUT2D eigenvalue weighted by molar-refractivity contribution is 9.10. The highest BCUT2D eigenvalue weighted by Crippen LogP contribution is 2.36. The first-order valence-electron chi connectivity index (χ1n) is 6.38. The molecule has 0 radical (unpaired) electrons. The largest absolute Gasteiger partial charge is 0.425 e. The predicted molar refractivity (Wildman–Crippen MR) is 80.5 cm³/mol. The summed E-state index contributed by atoms with van der Waals surface area (Å²) in [6.45, 7) is 0.395. The fraction of sp³-hybridized carbons (Fsp3) is 0.0714. The number of benzene rings is 1. The van der Waals surface area contributed by atoms with Crippen molar-refractivity contribution in [2.75, 3.05) is 0 Å². The molecule has 0 fully saturated rings. The zero-order chi connectivity index (χ0) is 14.6. The second-order valence-corrected chi connectivity index (χ2v) is 5.86. The molecule has 0 saturated heterocycles. The summed E-state index contributed by atoms with van der Waals surface area (Å²) in [6.07, 6.45) is 6.85. The van der Waals surface area contributed by atoms with Crippen LogP contribution >= 0.6 is 15.9 Å². The van der Waals surface area contributed by atoms with Crippen LogP contribution in [-0.4, -0.2) is 25.9 Å². The van der Waals surface area contributed by atoms with Gasteiger partial charge in [0.2, 0.25) is 0 Å². The zero-order valence-corrected chi connectivity index (χ0v) is 12.5. The standard InChI is InChI=1S/C14H10BrN5O/c15-11-3-1-2-10-12(11)19-8-17-6-9(19)7-20(14(16)21)5-4-18-13(10)20/h1-6,8H,7H2,(H-,16,21)/p+1. The third kappa shape index (κ3) is 1.52. The van der Waals surface area contributed by atoms with Gasteiger partial charge in [-0.15, -0.1) is 0 Å². The van der Waals surface area contributed by atoms with E-state index in [0.29, 0.717) is 12.4 Å². The minimum absolute atomic E-state index is 0.116. The van der Waals surface area contributed by atoms with Crippen LogP contribution in [0.25, 0.3) is 5.69 Å². The van der Waals surface area contributed by atoms with Crippen molar-refractivity contribution in [1.82, 2.24) is 9.55 Å². The maximum atomic E-state index is 12.2. The molecule has 2 N–H and O–H groups in total. The number of hydrogen-bond donors (Lipinski definition) is 1. The molecule has 0 aliphatic carbocycles. The maximum Gasteiger partial charge on any atom is 0.425 e. The Morgan fingerprint density at radius 2 is 2.29 bits per heavy atom. The predicted octanol–water partition coefficient (Wildman–Crippen LogP) is 2.28. The van der Waals surface area contributed by atoms with E-state index in [-0.39, 0.29) is 4.48 Å². The maximum absolute atomic E-state index is 12.2. The third-order valence-electron chi connectivity index (χ3n) is 3.88. The number of rotatable bonds is 0. The lowest BCUT2D eigenvalue weighted by Gasteiger charge is -2.25. The van der Waals surface area contributed by atoms with Crippen molar-refractivity contribution in [3.63, 3.8) is 0 Å². The first kappa shape index (κ1) is 12.5. The highest BCUT2D eigenvalue weighted by atomic mass is 79.9. The minimum Gasteiger partial charge on any atom is -0.318 e. The van der Waals surface area contributed by atoms with Crippen LogP contribution in [0.3, 0.4) is 0 Å². The van der Waals surface area contributed by atoms with E-state index in [1.54, 1.807) is 24.9 Å². The fourth-order valence-electron chi connectivity index (χ4n) is 2.90. The SMILES string of the molecule is NC(=O)[N+]12C=CN=C1c1cccc(Br)c1-n1cncc1C2. The summed E-state index contributed by atoms with van der Waals surface area (Å²) in [5, 5.41) is 0. The molecule has 1 aromatic heterocycles. The van der Waals surface area contributed by atoms with E-state index >= 15 is 0 Å². The highest BCUT2D eigenvalue weighted by Gasteiger charge is 2.47. The lowest BCUT2D eigenvalue weighted by atomic mass is 10.1. The Labute approximate surface area is 128 Å². The number of aliphatic imine (C=N–C) groups is 1. The van der Waals surface area contributed by atoms with Gasteiger partial charge in [-0.05, 0) is 28.1 Å². The number of urea groups is 1. The van der Waals surface area contributed by atoms with E-state index in [1.165, 1.54) is 0 Å². The Morgan fingerprint density at radius 1 is 1.43 bits per heavy atom. The van der Waals surface area contributed by atoms with Crippen LogP contribution in [0.5, 0.6) is 0 Å². The van der Waals surface area contributed by atoms with Gasteiger partial charge in [0.25, 0.3) is 5.84 Å². The van der Waals surface area contributed by atoms with Crippen molar-refractivity contribution in [1.29, 1.82) is 0 Å². The number of primary amides is 1. The van der Waals surface area contributed by atoms with Gasteiger partial charge in [-0.3, -0.25) is 4.57 Å². The average Bonchev–Trinajstić information content (AvgIpc) is 3.05. The number of fused-ring (bicyclic) bond motifs is 5. The number of aromatic nitrogens is 2. The number of amides is 2. The Bertz CT molecular complexity index is 838. The topological polar surface area (TPSA) is 73.3 Å². The van der Waals surface area contributed by atoms with Gasteiger partial charge < -0.3 is 5.73 Å². The molecule has 21 heavy (non-hydrogen) atoms. The number of para-hydroxylation sites is 1. The fourth-order valence-corrected chi connectivity index (χ4v) is 3.45. The molecule has 0 bridgehead atoms. The van der Waals surface area contributed by atoms with E-state index in [4.69, 9.17) is 5.73 Å². The summed E-state index contributed by atoms with van der Waals surface area (Å²) in [4.78, 5) is 20.8. The molecule has 104 valence electrons. The Hall–Kier alpha value is -2.25. The number of nitrogens with zero attached hydrogens (tertiary/aromatic N) is 4. The van der Waals surface area contributed by atoms with Crippen molar-refractivity contribution >= 4 is 27.8 Å². The van der Waals surface area contributed by atoms with Crippen molar-refractivity contribution in [3.8, 4) is 5.69 Å². The number of carbonyl (C=O) groups is 1. The van der Waals surface area contributed by atoms with Gasteiger partial charge in [0.1, 0.15) is 12.7 Å². The molecule has 2 amide bonds. The van der Waals surface area contributed by atoms with Gasteiger partial charge in [-0.25, -0.2) is 9.78 Å². The minimum atomic E-state index is -0.455. The molecule has 0 spiro atoms. The van der Waals surface area contributed by atoms with Crippen LogP contribution in [0, 0.1) is 0 Å². The number of hydrogen-bond acceptors (Lipinski definition) is 3. The van der Waals surface area contributed by atoms with Crippen molar-refractivity contribution < 1.29 is 9.28 Å². The van der Waals surface area contributed by atoms with Crippen molar-refractivity contribution in [3.05, 3.63) is 58.9 Å². The normalized spacial score (nSPS) is 22.0. The summed E-state index contributed by atoms with van der Waals surface area (Å²) < 4.78 is 2.77. The van der Waals surface area contributed by atoms with Gasteiger partial charge >= 0.3 is 6.03 Å². The van der Waals surface area contributed by atoms with Gasteiger partial charge in [-0.2, -0.15) is 9.48 Å². The molecule has 2 aromatic rings. The Morgan fingerprint density at radius 3 is 3.10 bits per heavy atom. The molecule has 4 rings (SSSR count). The summed E-state index contributed by atoms with van der Waals surface area (Å²) in [7, 11) is 0. The van der Waals surface area contributed by atoms with Crippen molar-refractivity contribution in [2.24, 2.45) is 10.7 Å². The molecule has 6 nitrogen and oxygen atoms in total. The van der Waals surface area contributed by atoms with Gasteiger partial charge in [-0.1, -0.05) is 6.07 Å². The summed E-state index contributed by atoms with van der Waals surface area (Å²) in [5.41, 5.74) is 8.39. The second-order valence-electron chi connectivity index (χ2n) is 5.01. The van der Waals surface area contributed by atoms with Crippen molar-refractivity contribution in [2.45, 2.75) is 6.54 Å². The smallest absolute Gasteiger partial charge is 0.318 e. The first-order valence-corrected chi connectivity index (χ1v) is 7.17. The average molecular weight is 345 g/mol. The molecule has 3 heterocycles. The van der Waals surface area contributed by atoms with Gasteiger partial charge in [0.15, 0.2) is 0 Å². The summed E-state index contributed by atoms with van der Waals surface area (Å²) in [5.74, 6) is 0.641. The monoisotopic (exact) mass is 344 g/mol. The molecule has 2 aliphatic heterocycles. The Kier molecular flexibility index (Phi) is 2.45. The lowest BCUT2D eigenvalue weighted by Crippen LogP contribution is -2.53. The third-order valence-corrected chi connectivity index (χ3v) is 4.52. The zero-order valence-electron chi connectivity index (χ0n) is 10.9. The molecule has 0 saturated carbocycles. The molecule has 1 aromatic carbocycles. The summed E-state index contributed by atoms with van der Waals surface area (Å²) in [6, 6.07) is 5.36. The second kappa shape index (κ2) is 4.12. The van der Waals surface area contributed by atoms with Gasteiger partial charge in [0.05, 0.1) is 35.7 Å². The number of imidazole rings is 1. The summed E-state index contributed by atoms with van der Waals surface area (Å²) >= 11 is 3.58. The number of nitrogens with two attached hydrogens (primary N) is 1.